The van der Waals surface area contributed by atoms with Crippen LogP contribution < -0.4 is 19.5 Å². The van der Waals surface area contributed by atoms with Gasteiger partial charge in [0.05, 0.1) is 26.4 Å². The maximum atomic E-state index is 14.2. The highest BCUT2D eigenvalue weighted by atomic mass is 16.5. The van der Waals surface area contributed by atoms with E-state index in [0.29, 0.717) is 60.0 Å². The quantitative estimate of drug-likeness (QED) is 0.173. The highest BCUT2D eigenvalue weighted by molar-refractivity contribution is 6.04. The topological polar surface area (TPSA) is 83.1 Å². The third-order valence-electron chi connectivity index (χ3n) is 8.83. The summed E-state index contributed by atoms with van der Waals surface area (Å²) in [7, 11) is 3.21. The Hall–Kier alpha value is -5.30. The zero-order valence-corrected chi connectivity index (χ0v) is 27.0. The number of nitrogens with one attached hydrogen (secondary N) is 1. The van der Waals surface area contributed by atoms with Gasteiger partial charge in [-0.2, -0.15) is 0 Å². The number of Topliss-reactive ketones (excluding diaryl/α,β-unsaturated/α-hetero) is 1. The zero-order chi connectivity index (χ0) is 32.8. The minimum Gasteiger partial charge on any atom is -0.493 e. The van der Waals surface area contributed by atoms with Gasteiger partial charge >= 0.3 is 5.97 Å². The fourth-order valence-electron chi connectivity index (χ4n) is 6.49. The van der Waals surface area contributed by atoms with Gasteiger partial charge in [-0.15, -0.1) is 0 Å². The number of methoxy groups -OCH3 is 2. The first-order valence-electron chi connectivity index (χ1n) is 15.9. The van der Waals surface area contributed by atoms with Gasteiger partial charge in [-0.3, -0.25) is 4.79 Å². The third kappa shape index (κ3) is 7.09. The third-order valence-corrected chi connectivity index (χ3v) is 8.83. The maximum absolute atomic E-state index is 14.2. The van der Waals surface area contributed by atoms with Crippen molar-refractivity contribution in [3.63, 3.8) is 0 Å². The van der Waals surface area contributed by atoms with Crippen molar-refractivity contribution in [1.82, 2.24) is 5.32 Å². The first-order chi connectivity index (χ1) is 22.9. The van der Waals surface area contributed by atoms with E-state index in [-0.39, 0.29) is 18.3 Å². The number of dihydropyridines is 1. The van der Waals surface area contributed by atoms with E-state index in [1.807, 2.05) is 110 Å². The van der Waals surface area contributed by atoms with E-state index in [1.165, 1.54) is 0 Å². The average molecular weight is 630 g/mol. The molecule has 0 spiro atoms. The molecular weight excluding hydrogens is 590 g/mol. The van der Waals surface area contributed by atoms with Crippen molar-refractivity contribution < 1.29 is 28.5 Å². The number of benzene rings is 4. The summed E-state index contributed by atoms with van der Waals surface area (Å²) in [5, 5.41) is 3.45. The number of hydrogen-bond acceptors (Lipinski definition) is 7. The van der Waals surface area contributed by atoms with Gasteiger partial charge in [0.15, 0.2) is 17.3 Å². The number of carbonyl (C=O) groups excluding carboxylic acids is 2. The molecule has 2 aliphatic rings. The Morgan fingerprint density at radius 1 is 0.787 bits per heavy atom. The molecule has 7 heteroatoms. The van der Waals surface area contributed by atoms with Crippen LogP contribution in [0, 0.1) is 0 Å². The van der Waals surface area contributed by atoms with Crippen molar-refractivity contribution in [3.05, 3.63) is 148 Å². The summed E-state index contributed by atoms with van der Waals surface area (Å²) >= 11 is 0. The van der Waals surface area contributed by atoms with Crippen molar-refractivity contribution >= 4 is 11.8 Å². The number of ether oxygens (including phenoxy) is 4. The molecule has 1 N–H and O–H groups in total. The lowest BCUT2D eigenvalue weighted by Crippen LogP contribution is -2.36. The molecule has 0 saturated carbocycles. The highest BCUT2D eigenvalue weighted by Gasteiger charge is 2.41. The van der Waals surface area contributed by atoms with E-state index in [9.17, 15) is 9.59 Å². The molecule has 7 nitrogen and oxygen atoms in total. The predicted molar refractivity (Wildman–Crippen MR) is 180 cm³/mol. The largest absolute Gasteiger partial charge is 0.493 e. The molecule has 0 fully saturated rings. The predicted octanol–water partition coefficient (Wildman–Crippen LogP) is 7.43. The van der Waals surface area contributed by atoms with E-state index in [4.69, 9.17) is 18.9 Å². The van der Waals surface area contributed by atoms with Gasteiger partial charge in [0, 0.05) is 35.7 Å². The SMILES string of the molecule is COc1ccc([C@@H]2CC(=O)C3=C(C2)NC(C)=C(C(=O)OCCc2ccccc2)[C@@H]3c2cccc(OCc3ccccc3)c2)cc1OC. The molecule has 0 radical (unpaired) electrons. The Balaban J connectivity index is 1.32. The Bertz CT molecular complexity index is 1810. The van der Waals surface area contributed by atoms with Gasteiger partial charge < -0.3 is 24.3 Å². The van der Waals surface area contributed by atoms with Crippen LogP contribution >= 0.6 is 0 Å². The molecule has 4 aromatic carbocycles. The van der Waals surface area contributed by atoms with Crippen LogP contribution in [0.3, 0.4) is 0 Å². The van der Waals surface area contributed by atoms with Crippen LogP contribution in [-0.2, 0) is 27.4 Å². The minimum absolute atomic E-state index is 0.0128. The summed E-state index contributed by atoms with van der Waals surface area (Å²) in [5.74, 6) is 0.798. The molecule has 0 saturated heterocycles. The van der Waals surface area contributed by atoms with Crippen LogP contribution in [0.5, 0.6) is 17.2 Å². The van der Waals surface area contributed by atoms with E-state index < -0.39 is 11.9 Å². The van der Waals surface area contributed by atoms with E-state index >= 15 is 0 Å². The van der Waals surface area contributed by atoms with Crippen LogP contribution in [0.25, 0.3) is 0 Å². The lowest BCUT2D eigenvalue weighted by molar-refractivity contribution is -0.139. The van der Waals surface area contributed by atoms with Gasteiger partial charge in [0.2, 0.25) is 0 Å². The van der Waals surface area contributed by atoms with Crippen molar-refractivity contribution in [2.24, 2.45) is 0 Å². The van der Waals surface area contributed by atoms with Gasteiger partial charge in [-0.1, -0.05) is 78.9 Å². The van der Waals surface area contributed by atoms with Crippen molar-refractivity contribution in [1.29, 1.82) is 0 Å². The summed E-state index contributed by atoms with van der Waals surface area (Å²) in [5.41, 5.74) is 6.46. The average Bonchev–Trinajstić information content (AvgIpc) is 3.10. The molecule has 240 valence electrons. The summed E-state index contributed by atoms with van der Waals surface area (Å²) in [6.45, 7) is 2.51. The summed E-state index contributed by atoms with van der Waals surface area (Å²) in [4.78, 5) is 28.0. The smallest absolute Gasteiger partial charge is 0.336 e. The second kappa shape index (κ2) is 14.4. The molecule has 6 rings (SSSR count). The Morgan fingerprint density at radius 2 is 1.51 bits per heavy atom. The van der Waals surface area contributed by atoms with Crippen molar-refractivity contribution in [2.75, 3.05) is 20.8 Å². The van der Waals surface area contributed by atoms with Gasteiger partial charge in [0.1, 0.15) is 12.4 Å². The first-order valence-corrected chi connectivity index (χ1v) is 15.9. The fourth-order valence-corrected chi connectivity index (χ4v) is 6.49. The molecule has 1 heterocycles. The lowest BCUT2D eigenvalue weighted by atomic mass is 9.71. The zero-order valence-electron chi connectivity index (χ0n) is 27.0. The van der Waals surface area contributed by atoms with Crippen LogP contribution in [0.1, 0.15) is 53.9 Å². The molecule has 0 amide bonds. The number of rotatable bonds is 11. The number of allylic oxidation sites excluding steroid dienone is 3. The molecule has 0 unspecified atom stereocenters. The maximum Gasteiger partial charge on any atom is 0.336 e. The number of ketones is 1. The molecule has 0 bridgehead atoms. The van der Waals surface area contributed by atoms with E-state index in [1.54, 1.807) is 14.2 Å². The van der Waals surface area contributed by atoms with E-state index in [0.717, 1.165) is 28.0 Å². The summed E-state index contributed by atoms with van der Waals surface area (Å²) in [6.07, 6.45) is 1.50. The van der Waals surface area contributed by atoms with E-state index in [2.05, 4.69) is 5.32 Å². The minimum atomic E-state index is -0.602. The molecule has 2 atom stereocenters. The fraction of sp³-hybridized carbons (Fsp3) is 0.250. The van der Waals surface area contributed by atoms with Crippen LogP contribution in [0.2, 0.25) is 0 Å². The monoisotopic (exact) mass is 629 g/mol. The molecule has 4 aromatic rings. The van der Waals surface area contributed by atoms with Crippen molar-refractivity contribution in [3.8, 4) is 17.2 Å². The normalized spacial score (nSPS) is 17.5. The second-order valence-electron chi connectivity index (χ2n) is 11.8. The standard InChI is InChI=1S/C40H39NO6/c1-26-37(40(43)46-20-19-27-11-6-4-7-12-27)38(30-15-10-16-32(21-30)47-25-28-13-8-5-9-14-28)39-33(41-26)22-31(23-34(39)42)29-17-18-35(44-2)36(24-29)45-3/h4-18,21,24,31,38,41H,19-20,22-23,25H2,1-3H3/t31-,38-/m0/s1. The molecule has 1 aliphatic carbocycles. The van der Waals surface area contributed by atoms with Gasteiger partial charge in [-0.25, -0.2) is 4.79 Å². The molecule has 1 aliphatic heterocycles. The highest BCUT2D eigenvalue weighted by Crippen LogP contribution is 2.47. The Labute approximate surface area is 275 Å². The van der Waals surface area contributed by atoms with Crippen LogP contribution in [0.15, 0.2) is 126 Å². The summed E-state index contributed by atoms with van der Waals surface area (Å²) < 4.78 is 23.0. The lowest BCUT2D eigenvalue weighted by Gasteiger charge is -2.37. The Kier molecular flexibility index (Phi) is 9.72. The molecular formula is C40H39NO6. The Morgan fingerprint density at radius 3 is 2.23 bits per heavy atom. The van der Waals surface area contributed by atoms with Crippen molar-refractivity contribution in [2.45, 2.75) is 44.6 Å². The van der Waals surface area contributed by atoms with Gasteiger partial charge in [-0.05, 0) is 65.8 Å². The molecule has 0 aromatic heterocycles. The number of hydrogen-bond donors (Lipinski definition) is 1. The van der Waals surface area contributed by atoms with Crippen LogP contribution in [-0.4, -0.2) is 32.6 Å². The summed E-state index contributed by atoms with van der Waals surface area (Å²) in [6, 6.07) is 33.4. The molecule has 47 heavy (non-hydrogen) atoms. The second-order valence-corrected chi connectivity index (χ2v) is 11.8. The number of carbonyl (C=O) groups is 2. The first kappa shape index (κ1) is 31.7. The van der Waals surface area contributed by atoms with Gasteiger partial charge in [0.25, 0.3) is 0 Å². The number of esters is 1. The van der Waals surface area contributed by atoms with Crippen LogP contribution in [0.4, 0.5) is 0 Å².